The standard InChI is InChI=1S/C9H20N2OS/c1-8(7-10)13-6-4-5-9(12)11(2)3/h8H,4-7,10H2,1-3H3. The first-order valence-electron chi connectivity index (χ1n) is 4.59. The van der Waals surface area contributed by atoms with Crippen LogP contribution in [0.25, 0.3) is 0 Å². The van der Waals surface area contributed by atoms with Crippen molar-refractivity contribution in [2.45, 2.75) is 25.0 Å². The predicted octanol–water partition coefficient (Wildman–Crippen LogP) is 0.935. The van der Waals surface area contributed by atoms with Crippen LogP contribution in [0.4, 0.5) is 0 Å². The van der Waals surface area contributed by atoms with Gasteiger partial charge in [0.05, 0.1) is 0 Å². The second-order valence-corrected chi connectivity index (χ2v) is 4.86. The first kappa shape index (κ1) is 12.8. The van der Waals surface area contributed by atoms with E-state index in [-0.39, 0.29) is 5.91 Å². The fraction of sp³-hybridized carbons (Fsp3) is 0.889. The van der Waals surface area contributed by atoms with Crippen molar-refractivity contribution < 1.29 is 4.79 Å². The summed E-state index contributed by atoms with van der Waals surface area (Å²) in [6, 6.07) is 0. The average Bonchev–Trinajstić information content (AvgIpc) is 2.11. The van der Waals surface area contributed by atoms with Gasteiger partial charge in [-0.15, -0.1) is 0 Å². The highest BCUT2D eigenvalue weighted by atomic mass is 32.2. The molecule has 0 aliphatic rings. The normalized spacial score (nSPS) is 12.6. The lowest BCUT2D eigenvalue weighted by Gasteiger charge is -2.10. The molecule has 0 aliphatic heterocycles. The molecule has 0 saturated heterocycles. The second kappa shape index (κ2) is 7.21. The van der Waals surface area contributed by atoms with E-state index in [1.165, 1.54) is 0 Å². The molecule has 0 heterocycles. The fourth-order valence-electron chi connectivity index (χ4n) is 0.800. The molecule has 1 unspecified atom stereocenters. The van der Waals surface area contributed by atoms with Gasteiger partial charge >= 0.3 is 0 Å². The van der Waals surface area contributed by atoms with Crippen molar-refractivity contribution in [3.8, 4) is 0 Å². The van der Waals surface area contributed by atoms with Crippen LogP contribution in [-0.4, -0.2) is 42.4 Å². The van der Waals surface area contributed by atoms with Gasteiger partial charge in [-0.3, -0.25) is 4.79 Å². The molecular formula is C9H20N2OS. The average molecular weight is 204 g/mol. The minimum Gasteiger partial charge on any atom is -0.349 e. The second-order valence-electron chi connectivity index (χ2n) is 3.31. The quantitative estimate of drug-likeness (QED) is 0.655. The van der Waals surface area contributed by atoms with E-state index in [1.54, 1.807) is 19.0 Å². The predicted molar refractivity (Wildman–Crippen MR) is 58.9 cm³/mol. The van der Waals surface area contributed by atoms with E-state index >= 15 is 0 Å². The molecule has 3 nitrogen and oxygen atoms in total. The van der Waals surface area contributed by atoms with Crippen LogP contribution in [0, 0.1) is 0 Å². The minimum atomic E-state index is 0.209. The lowest BCUT2D eigenvalue weighted by molar-refractivity contribution is -0.128. The number of hydrogen-bond donors (Lipinski definition) is 1. The third-order valence-electron chi connectivity index (χ3n) is 1.77. The Morgan fingerprint density at radius 1 is 1.54 bits per heavy atom. The highest BCUT2D eigenvalue weighted by molar-refractivity contribution is 7.99. The molecule has 0 aromatic carbocycles. The summed E-state index contributed by atoms with van der Waals surface area (Å²) in [7, 11) is 3.58. The van der Waals surface area contributed by atoms with Crippen molar-refractivity contribution in [3.63, 3.8) is 0 Å². The number of carbonyl (C=O) groups excluding carboxylic acids is 1. The van der Waals surface area contributed by atoms with Crippen molar-refractivity contribution in [1.29, 1.82) is 0 Å². The number of thioether (sulfide) groups is 1. The Kier molecular flexibility index (Phi) is 7.09. The molecule has 1 atom stereocenters. The van der Waals surface area contributed by atoms with Gasteiger partial charge < -0.3 is 10.6 Å². The van der Waals surface area contributed by atoms with Crippen molar-refractivity contribution in [2.75, 3.05) is 26.4 Å². The van der Waals surface area contributed by atoms with E-state index in [9.17, 15) is 4.79 Å². The summed E-state index contributed by atoms with van der Waals surface area (Å²) < 4.78 is 0. The number of nitrogens with zero attached hydrogens (tertiary/aromatic N) is 1. The SMILES string of the molecule is CC(CN)SCCCC(=O)N(C)C. The maximum absolute atomic E-state index is 11.1. The highest BCUT2D eigenvalue weighted by Gasteiger charge is 2.04. The third-order valence-corrected chi connectivity index (χ3v) is 3.05. The Morgan fingerprint density at radius 2 is 2.15 bits per heavy atom. The Balaban J connectivity index is 3.31. The first-order valence-corrected chi connectivity index (χ1v) is 5.64. The lowest BCUT2D eigenvalue weighted by Crippen LogP contribution is -2.21. The zero-order chi connectivity index (χ0) is 10.3. The molecule has 0 spiro atoms. The number of rotatable bonds is 6. The van der Waals surface area contributed by atoms with Gasteiger partial charge in [-0.2, -0.15) is 11.8 Å². The molecule has 0 radical (unpaired) electrons. The summed E-state index contributed by atoms with van der Waals surface area (Å²) in [5.41, 5.74) is 5.47. The molecule has 0 aromatic heterocycles. The molecule has 0 fully saturated rings. The zero-order valence-electron chi connectivity index (χ0n) is 8.75. The topological polar surface area (TPSA) is 46.3 Å². The lowest BCUT2D eigenvalue weighted by atomic mass is 10.3. The molecule has 0 rings (SSSR count). The van der Waals surface area contributed by atoms with E-state index in [1.807, 2.05) is 11.8 Å². The molecule has 0 saturated carbocycles. The minimum absolute atomic E-state index is 0.209. The van der Waals surface area contributed by atoms with Crippen molar-refractivity contribution >= 4 is 17.7 Å². The van der Waals surface area contributed by atoms with Gasteiger partial charge in [-0.1, -0.05) is 6.92 Å². The van der Waals surface area contributed by atoms with Gasteiger partial charge in [-0.05, 0) is 12.2 Å². The summed E-state index contributed by atoms with van der Waals surface area (Å²) in [6.45, 7) is 2.82. The van der Waals surface area contributed by atoms with Crippen LogP contribution < -0.4 is 5.73 Å². The smallest absolute Gasteiger partial charge is 0.222 e. The van der Waals surface area contributed by atoms with Crippen LogP contribution >= 0.6 is 11.8 Å². The molecule has 0 bridgehead atoms. The molecule has 0 aliphatic carbocycles. The van der Waals surface area contributed by atoms with Gasteiger partial charge in [0.15, 0.2) is 0 Å². The fourth-order valence-corrected chi connectivity index (χ4v) is 1.65. The Morgan fingerprint density at radius 3 is 2.62 bits per heavy atom. The van der Waals surface area contributed by atoms with Gasteiger partial charge in [0.1, 0.15) is 0 Å². The monoisotopic (exact) mass is 204 g/mol. The molecule has 78 valence electrons. The maximum Gasteiger partial charge on any atom is 0.222 e. The Labute approximate surface area is 85.0 Å². The molecule has 1 amide bonds. The van der Waals surface area contributed by atoms with Gasteiger partial charge in [0, 0.05) is 32.3 Å². The first-order chi connectivity index (χ1) is 6.07. The summed E-state index contributed by atoms with van der Waals surface area (Å²) in [5.74, 6) is 1.24. The van der Waals surface area contributed by atoms with Crippen LogP contribution in [0.1, 0.15) is 19.8 Å². The summed E-state index contributed by atoms with van der Waals surface area (Å²) >= 11 is 1.83. The van der Waals surface area contributed by atoms with Crippen LogP contribution in [-0.2, 0) is 4.79 Å². The van der Waals surface area contributed by atoms with Crippen LogP contribution in [0.3, 0.4) is 0 Å². The maximum atomic E-state index is 11.1. The van der Waals surface area contributed by atoms with E-state index in [2.05, 4.69) is 6.92 Å². The van der Waals surface area contributed by atoms with Gasteiger partial charge in [0.2, 0.25) is 5.91 Å². The van der Waals surface area contributed by atoms with Crippen molar-refractivity contribution in [1.82, 2.24) is 4.90 Å². The summed E-state index contributed by atoms with van der Waals surface area (Å²) in [5, 5.41) is 0.509. The van der Waals surface area contributed by atoms with Crippen LogP contribution in [0.2, 0.25) is 0 Å². The Hall–Kier alpha value is -0.220. The van der Waals surface area contributed by atoms with Gasteiger partial charge in [-0.25, -0.2) is 0 Å². The van der Waals surface area contributed by atoms with Crippen LogP contribution in [0.15, 0.2) is 0 Å². The zero-order valence-corrected chi connectivity index (χ0v) is 9.56. The number of carbonyl (C=O) groups is 1. The Bertz CT molecular complexity index is 151. The molecular weight excluding hydrogens is 184 g/mol. The van der Waals surface area contributed by atoms with Gasteiger partial charge in [0.25, 0.3) is 0 Å². The van der Waals surface area contributed by atoms with Crippen LogP contribution in [0.5, 0.6) is 0 Å². The van der Waals surface area contributed by atoms with E-state index in [0.29, 0.717) is 18.2 Å². The summed E-state index contributed by atoms with van der Waals surface area (Å²) in [6.07, 6.45) is 1.60. The summed E-state index contributed by atoms with van der Waals surface area (Å²) in [4.78, 5) is 12.8. The molecule has 2 N–H and O–H groups in total. The molecule has 13 heavy (non-hydrogen) atoms. The largest absolute Gasteiger partial charge is 0.349 e. The molecule has 0 aromatic rings. The number of nitrogens with two attached hydrogens (primary N) is 1. The number of amides is 1. The van der Waals surface area contributed by atoms with E-state index < -0.39 is 0 Å². The number of hydrogen-bond acceptors (Lipinski definition) is 3. The highest BCUT2D eigenvalue weighted by Crippen LogP contribution is 2.11. The van der Waals surface area contributed by atoms with Crippen molar-refractivity contribution in [3.05, 3.63) is 0 Å². The van der Waals surface area contributed by atoms with Crippen molar-refractivity contribution in [2.24, 2.45) is 5.73 Å². The van der Waals surface area contributed by atoms with E-state index in [0.717, 1.165) is 12.2 Å². The third kappa shape index (κ3) is 6.90. The van der Waals surface area contributed by atoms with E-state index in [4.69, 9.17) is 5.73 Å². The molecule has 4 heteroatoms.